The zero-order valence-electron chi connectivity index (χ0n) is 21.1. The van der Waals surface area contributed by atoms with E-state index in [0.29, 0.717) is 0 Å². The molecule has 7 heteroatoms. The molecule has 0 bridgehead atoms. The number of carbonyl (C=O) groups excluding carboxylic acids is 1. The van der Waals surface area contributed by atoms with E-state index in [1.165, 1.54) is 60.2 Å². The summed E-state index contributed by atoms with van der Waals surface area (Å²) in [5.41, 5.74) is 7.17. The molecule has 0 atom stereocenters. The van der Waals surface area contributed by atoms with Gasteiger partial charge in [-0.2, -0.15) is 0 Å². The van der Waals surface area contributed by atoms with Crippen LogP contribution in [0.2, 0.25) is 0 Å². The van der Waals surface area contributed by atoms with Crippen LogP contribution in [0.3, 0.4) is 0 Å². The Morgan fingerprint density at radius 2 is 1.49 bits per heavy atom. The van der Waals surface area contributed by atoms with Crippen LogP contribution >= 0.6 is 0 Å². The van der Waals surface area contributed by atoms with Crippen LogP contribution < -0.4 is 22.7 Å². The van der Waals surface area contributed by atoms with Crippen molar-refractivity contribution in [2.45, 2.75) is 13.8 Å². The summed E-state index contributed by atoms with van der Waals surface area (Å²) in [6.45, 7) is 2.85. The van der Waals surface area contributed by atoms with Crippen LogP contribution in [0, 0.1) is 6.07 Å². The Morgan fingerprint density at radius 3 is 2.15 bits per heavy atom. The quantitative estimate of drug-likeness (QED) is 0.124. The van der Waals surface area contributed by atoms with Gasteiger partial charge in [-0.05, 0) is 13.8 Å². The molecule has 4 nitrogen and oxygen atoms in total. The Bertz CT molecular complexity index is 1680. The first-order chi connectivity index (χ1) is 18.5. The molecule has 195 valence electrons. The third kappa shape index (κ3) is 5.53. The summed E-state index contributed by atoms with van der Waals surface area (Å²) in [6.07, 6.45) is 1.17. The van der Waals surface area contributed by atoms with Crippen LogP contribution in [-0.2, 0) is 24.9 Å². The van der Waals surface area contributed by atoms with Crippen molar-refractivity contribution in [3.05, 3.63) is 109 Å². The minimum atomic E-state index is -0.125. The van der Waals surface area contributed by atoms with Crippen LogP contribution in [0.25, 0.3) is 22.2 Å². The molecule has 1 N–H and O–H groups in total. The van der Waals surface area contributed by atoms with E-state index in [1.807, 2.05) is 0 Å². The third-order valence-electron chi connectivity index (χ3n) is 6.13. The van der Waals surface area contributed by atoms with Gasteiger partial charge in [-0.15, -0.1) is 0 Å². The van der Waals surface area contributed by atoms with E-state index in [1.54, 1.807) is 0 Å². The Labute approximate surface area is 253 Å². The average molecular weight is 818 g/mol. The second-order valence-corrected chi connectivity index (χ2v) is 13.5. The van der Waals surface area contributed by atoms with Gasteiger partial charge in [0.1, 0.15) is 0 Å². The molecule has 0 saturated heterocycles. The number of fused-ring (bicyclic) bond motifs is 5. The average Bonchev–Trinajstić information content (AvgIpc) is 2.92. The van der Waals surface area contributed by atoms with Gasteiger partial charge in [-0.25, -0.2) is 0 Å². The normalized spacial score (nSPS) is 12.8. The Kier molecular flexibility index (Phi) is 8.21. The SMILES string of the molecule is CC(=O)/C=C(/C)O.[Ir].[c-]1c(-c2ccc3ccccc3n2)cc2c3c1[Se]c1ccccc1N3c1ccccc1[Se]2. The van der Waals surface area contributed by atoms with Gasteiger partial charge in [0.05, 0.1) is 5.76 Å². The van der Waals surface area contributed by atoms with Crippen molar-refractivity contribution in [2.75, 3.05) is 4.90 Å². The minimum absolute atomic E-state index is 0. The molecule has 2 aliphatic heterocycles. The number of ketones is 1. The third-order valence-corrected chi connectivity index (χ3v) is 10.7. The van der Waals surface area contributed by atoms with Gasteiger partial charge >= 0.3 is 194 Å². The number of nitrogens with zero attached hydrogens (tertiary/aromatic N) is 2. The van der Waals surface area contributed by atoms with Crippen molar-refractivity contribution in [3.63, 3.8) is 0 Å². The second-order valence-electron chi connectivity index (χ2n) is 8.99. The molecule has 0 spiro atoms. The van der Waals surface area contributed by atoms with Gasteiger partial charge < -0.3 is 5.11 Å². The van der Waals surface area contributed by atoms with Crippen molar-refractivity contribution < 1.29 is 30.0 Å². The summed E-state index contributed by atoms with van der Waals surface area (Å²) in [4.78, 5) is 17.5. The van der Waals surface area contributed by atoms with Crippen molar-refractivity contribution in [1.82, 2.24) is 4.98 Å². The number of rotatable bonds is 2. The number of aromatic nitrogens is 1. The molecule has 3 heterocycles. The predicted molar refractivity (Wildman–Crippen MR) is 158 cm³/mol. The van der Waals surface area contributed by atoms with Crippen LogP contribution in [0.5, 0.6) is 0 Å². The van der Waals surface area contributed by atoms with E-state index in [4.69, 9.17) is 10.1 Å². The van der Waals surface area contributed by atoms with Gasteiger partial charge in [0.2, 0.25) is 0 Å². The molecule has 7 rings (SSSR count). The van der Waals surface area contributed by atoms with Crippen molar-refractivity contribution >= 4 is 81.5 Å². The number of hydrogen-bond donors (Lipinski definition) is 1. The van der Waals surface area contributed by atoms with Crippen molar-refractivity contribution in [3.8, 4) is 11.3 Å². The first kappa shape index (κ1) is 27.6. The zero-order chi connectivity index (χ0) is 26.2. The van der Waals surface area contributed by atoms with Crippen molar-refractivity contribution in [2.24, 2.45) is 0 Å². The fourth-order valence-electron chi connectivity index (χ4n) is 4.60. The van der Waals surface area contributed by atoms with E-state index in [-0.39, 0.29) is 61.6 Å². The number of aliphatic hydroxyl groups excluding tert-OH is 1. The number of allylic oxidation sites excluding steroid dienone is 2. The van der Waals surface area contributed by atoms with Gasteiger partial charge in [-0.3, -0.25) is 4.79 Å². The van der Waals surface area contributed by atoms with E-state index in [2.05, 4.69) is 102 Å². The second kappa shape index (κ2) is 11.6. The summed E-state index contributed by atoms with van der Waals surface area (Å²) in [5.74, 6) is -0.0625. The van der Waals surface area contributed by atoms with Gasteiger partial charge in [-0.1, -0.05) is 0 Å². The van der Waals surface area contributed by atoms with E-state index in [9.17, 15) is 4.79 Å². The molecule has 39 heavy (non-hydrogen) atoms. The standard InChI is InChI=1S/C27H15N2Se2.C5H8O2.Ir/c1-2-8-19-17(7-1)13-14-20(28-19)18-15-25-27-26(16-18)31-24-12-6-4-10-22(24)29(27)21-9-3-5-11-23(21)30-25;1-4(6)3-5(2)7;/h1-15H;3,6H,1-2H3;/q-1;;/b;4-3-;. The van der Waals surface area contributed by atoms with Gasteiger partial charge in [0.25, 0.3) is 0 Å². The molecule has 0 unspecified atom stereocenters. The van der Waals surface area contributed by atoms with Crippen LogP contribution in [0.15, 0.2) is 103 Å². The molecular weight excluding hydrogens is 795 g/mol. The molecular formula is C32H23IrN2O2Se2-. The number of hydrogen-bond acceptors (Lipinski definition) is 4. The number of anilines is 3. The number of benzene rings is 4. The summed E-state index contributed by atoms with van der Waals surface area (Å²) in [5, 5.41) is 9.54. The van der Waals surface area contributed by atoms with E-state index >= 15 is 0 Å². The molecule has 0 saturated carbocycles. The zero-order valence-corrected chi connectivity index (χ0v) is 27.0. The number of aliphatic hydroxyl groups is 1. The summed E-state index contributed by atoms with van der Waals surface area (Å²) in [6, 6.07) is 36.4. The van der Waals surface area contributed by atoms with Gasteiger partial charge in [0, 0.05) is 26.2 Å². The molecule has 4 aromatic carbocycles. The molecule has 5 aromatic rings. The number of pyridine rings is 1. The summed E-state index contributed by atoms with van der Waals surface area (Å²) in [7, 11) is 0. The first-order valence-electron chi connectivity index (χ1n) is 12.2. The monoisotopic (exact) mass is 820 g/mol. The Morgan fingerprint density at radius 1 is 0.846 bits per heavy atom. The van der Waals surface area contributed by atoms with E-state index in [0.717, 1.165) is 16.8 Å². The van der Waals surface area contributed by atoms with Crippen LogP contribution in [0.1, 0.15) is 13.8 Å². The molecule has 1 aromatic heterocycles. The van der Waals surface area contributed by atoms with Crippen LogP contribution in [-0.4, -0.2) is 45.8 Å². The fraction of sp³-hybridized carbons (Fsp3) is 0.0625. The molecule has 0 fully saturated rings. The number of carbonyl (C=O) groups is 1. The summed E-state index contributed by atoms with van der Waals surface area (Å²) >= 11 is 0.493. The first-order valence-corrected chi connectivity index (χ1v) is 15.6. The molecule has 2 aliphatic rings. The maximum absolute atomic E-state index is 10.0. The van der Waals surface area contributed by atoms with E-state index < -0.39 is 0 Å². The molecule has 0 amide bonds. The van der Waals surface area contributed by atoms with Gasteiger partial charge in [0.15, 0.2) is 5.78 Å². The Balaban J connectivity index is 0.000000345. The predicted octanol–water partition coefficient (Wildman–Crippen LogP) is 4.14. The maximum atomic E-state index is 10.0. The number of para-hydroxylation sites is 3. The Hall–Kier alpha value is -3.01. The summed E-state index contributed by atoms with van der Waals surface area (Å²) < 4.78 is 5.62. The molecule has 0 aliphatic carbocycles. The fourth-order valence-corrected chi connectivity index (χ4v) is 9.55. The topological polar surface area (TPSA) is 53.4 Å². The molecule has 1 radical (unpaired) electrons. The van der Waals surface area contributed by atoms with Crippen molar-refractivity contribution in [1.29, 1.82) is 0 Å². The van der Waals surface area contributed by atoms with Crippen LogP contribution in [0.4, 0.5) is 17.1 Å².